The zero-order valence-electron chi connectivity index (χ0n) is 10.4. The number of benzene rings is 1. The number of hydrogen-bond donors (Lipinski definition) is 1. The van der Waals surface area contributed by atoms with Crippen molar-refractivity contribution in [3.05, 3.63) is 17.2 Å². The molecule has 0 spiro atoms. The standard InChI is InChI=1S/C12H18ClNO2S/c1-4-17-6-5-14-10-7-9(13)11(15-2)8-12(10)16-3/h7-8,14H,4-6H2,1-3H3. The highest BCUT2D eigenvalue weighted by Crippen LogP contribution is 2.35. The quantitative estimate of drug-likeness (QED) is 0.772. The fourth-order valence-corrected chi connectivity index (χ4v) is 2.18. The highest BCUT2D eigenvalue weighted by atomic mass is 35.5. The monoisotopic (exact) mass is 275 g/mol. The third-order valence-electron chi connectivity index (χ3n) is 2.24. The lowest BCUT2D eigenvalue weighted by Crippen LogP contribution is -2.06. The van der Waals surface area contributed by atoms with E-state index >= 15 is 0 Å². The first-order chi connectivity index (χ1) is 8.22. The average molecular weight is 276 g/mol. The van der Waals surface area contributed by atoms with Crippen LogP contribution in [-0.4, -0.2) is 32.3 Å². The van der Waals surface area contributed by atoms with E-state index in [0.29, 0.717) is 10.8 Å². The summed E-state index contributed by atoms with van der Waals surface area (Å²) in [5.74, 6) is 3.55. The largest absolute Gasteiger partial charge is 0.495 e. The SMILES string of the molecule is CCSCCNc1cc(Cl)c(OC)cc1OC. The molecule has 3 nitrogen and oxygen atoms in total. The molecule has 0 saturated carbocycles. The summed E-state index contributed by atoms with van der Waals surface area (Å²) in [5, 5.41) is 3.89. The second kappa shape index (κ2) is 7.56. The van der Waals surface area contributed by atoms with Crippen LogP contribution in [0.5, 0.6) is 11.5 Å². The fraction of sp³-hybridized carbons (Fsp3) is 0.500. The second-order valence-corrected chi connectivity index (χ2v) is 5.11. The Morgan fingerprint density at radius 3 is 2.53 bits per heavy atom. The molecule has 0 aliphatic carbocycles. The number of halogens is 1. The van der Waals surface area contributed by atoms with Crippen LogP contribution >= 0.6 is 23.4 Å². The minimum atomic E-state index is 0.582. The van der Waals surface area contributed by atoms with Crippen molar-refractivity contribution in [2.75, 3.05) is 37.6 Å². The zero-order chi connectivity index (χ0) is 12.7. The van der Waals surface area contributed by atoms with E-state index in [1.54, 1.807) is 20.3 Å². The summed E-state index contributed by atoms with van der Waals surface area (Å²) < 4.78 is 10.4. The lowest BCUT2D eigenvalue weighted by Gasteiger charge is -2.13. The van der Waals surface area contributed by atoms with Gasteiger partial charge in [0.25, 0.3) is 0 Å². The third-order valence-corrected chi connectivity index (χ3v) is 3.44. The summed E-state index contributed by atoms with van der Waals surface area (Å²) in [6.07, 6.45) is 0. The smallest absolute Gasteiger partial charge is 0.145 e. The van der Waals surface area contributed by atoms with E-state index in [1.165, 1.54) is 0 Å². The van der Waals surface area contributed by atoms with Crippen LogP contribution in [0.25, 0.3) is 0 Å². The van der Waals surface area contributed by atoms with E-state index in [9.17, 15) is 0 Å². The molecule has 1 rings (SSSR count). The lowest BCUT2D eigenvalue weighted by atomic mass is 10.2. The van der Waals surface area contributed by atoms with Crippen molar-refractivity contribution in [3.63, 3.8) is 0 Å². The Bertz CT molecular complexity index is 361. The first kappa shape index (κ1) is 14.3. The molecule has 0 bridgehead atoms. The second-order valence-electron chi connectivity index (χ2n) is 3.31. The van der Waals surface area contributed by atoms with Gasteiger partial charge in [-0.05, 0) is 11.8 Å². The molecule has 0 heterocycles. The van der Waals surface area contributed by atoms with E-state index in [0.717, 1.165) is 29.5 Å². The van der Waals surface area contributed by atoms with Gasteiger partial charge in [-0.1, -0.05) is 18.5 Å². The van der Waals surface area contributed by atoms with E-state index in [1.807, 2.05) is 17.8 Å². The number of anilines is 1. The molecular formula is C12H18ClNO2S. The molecule has 1 aromatic rings. The van der Waals surface area contributed by atoms with Gasteiger partial charge in [0.2, 0.25) is 0 Å². The predicted octanol–water partition coefficient (Wildman–Crippen LogP) is 3.52. The van der Waals surface area contributed by atoms with Crippen molar-refractivity contribution in [2.24, 2.45) is 0 Å². The van der Waals surface area contributed by atoms with Crippen molar-refractivity contribution in [2.45, 2.75) is 6.92 Å². The molecule has 1 aromatic carbocycles. The van der Waals surface area contributed by atoms with Crippen LogP contribution in [0.2, 0.25) is 5.02 Å². The van der Waals surface area contributed by atoms with Gasteiger partial charge in [0.15, 0.2) is 0 Å². The molecule has 0 fully saturated rings. The van der Waals surface area contributed by atoms with Crippen LogP contribution in [0, 0.1) is 0 Å². The number of hydrogen-bond acceptors (Lipinski definition) is 4. The molecule has 0 saturated heterocycles. The Balaban J connectivity index is 2.73. The van der Waals surface area contributed by atoms with Gasteiger partial charge < -0.3 is 14.8 Å². The van der Waals surface area contributed by atoms with E-state index < -0.39 is 0 Å². The van der Waals surface area contributed by atoms with Crippen molar-refractivity contribution in [1.29, 1.82) is 0 Å². The Morgan fingerprint density at radius 1 is 1.24 bits per heavy atom. The molecule has 17 heavy (non-hydrogen) atoms. The van der Waals surface area contributed by atoms with E-state index in [4.69, 9.17) is 21.1 Å². The Labute approximate surface area is 112 Å². The number of thioether (sulfide) groups is 1. The lowest BCUT2D eigenvalue weighted by molar-refractivity contribution is 0.395. The molecule has 1 N–H and O–H groups in total. The molecule has 0 aromatic heterocycles. The number of methoxy groups -OCH3 is 2. The van der Waals surface area contributed by atoms with Crippen LogP contribution in [-0.2, 0) is 0 Å². The van der Waals surface area contributed by atoms with Gasteiger partial charge in [0.05, 0.1) is 24.9 Å². The third kappa shape index (κ3) is 4.21. The molecule has 0 aliphatic rings. The first-order valence-electron chi connectivity index (χ1n) is 5.46. The molecule has 0 atom stereocenters. The highest BCUT2D eigenvalue weighted by Gasteiger charge is 2.09. The summed E-state index contributed by atoms with van der Waals surface area (Å²) >= 11 is 7.96. The van der Waals surface area contributed by atoms with Gasteiger partial charge >= 0.3 is 0 Å². The molecule has 0 radical (unpaired) electrons. The van der Waals surface area contributed by atoms with Crippen molar-refractivity contribution in [3.8, 4) is 11.5 Å². The molecule has 0 amide bonds. The first-order valence-corrected chi connectivity index (χ1v) is 6.99. The Kier molecular flexibility index (Phi) is 6.37. The molecule has 0 unspecified atom stereocenters. The zero-order valence-corrected chi connectivity index (χ0v) is 12.0. The van der Waals surface area contributed by atoms with Gasteiger partial charge in [0.1, 0.15) is 11.5 Å². The molecule has 5 heteroatoms. The van der Waals surface area contributed by atoms with Crippen molar-refractivity contribution in [1.82, 2.24) is 0 Å². The Morgan fingerprint density at radius 2 is 1.94 bits per heavy atom. The van der Waals surface area contributed by atoms with Crippen LogP contribution in [0.4, 0.5) is 5.69 Å². The summed E-state index contributed by atoms with van der Waals surface area (Å²) in [6, 6.07) is 3.62. The predicted molar refractivity (Wildman–Crippen MR) is 76.0 cm³/mol. The minimum Gasteiger partial charge on any atom is -0.495 e. The van der Waals surface area contributed by atoms with Gasteiger partial charge in [0, 0.05) is 18.4 Å². The number of rotatable bonds is 7. The summed E-state index contributed by atoms with van der Waals surface area (Å²) in [5.41, 5.74) is 0.898. The van der Waals surface area contributed by atoms with E-state index in [-0.39, 0.29) is 0 Å². The summed E-state index contributed by atoms with van der Waals surface area (Å²) in [6.45, 7) is 3.03. The number of ether oxygens (including phenoxy) is 2. The summed E-state index contributed by atoms with van der Waals surface area (Å²) in [4.78, 5) is 0. The van der Waals surface area contributed by atoms with E-state index in [2.05, 4.69) is 12.2 Å². The van der Waals surface area contributed by atoms with Gasteiger partial charge in [-0.2, -0.15) is 11.8 Å². The maximum Gasteiger partial charge on any atom is 0.145 e. The van der Waals surface area contributed by atoms with Crippen LogP contribution in [0.1, 0.15) is 6.92 Å². The van der Waals surface area contributed by atoms with Crippen molar-refractivity contribution >= 4 is 29.1 Å². The topological polar surface area (TPSA) is 30.5 Å². The fourth-order valence-electron chi connectivity index (χ4n) is 1.40. The Hall–Kier alpha value is -0.740. The summed E-state index contributed by atoms with van der Waals surface area (Å²) in [7, 11) is 3.22. The maximum atomic E-state index is 6.07. The highest BCUT2D eigenvalue weighted by molar-refractivity contribution is 7.99. The van der Waals surface area contributed by atoms with Crippen LogP contribution in [0.15, 0.2) is 12.1 Å². The minimum absolute atomic E-state index is 0.582. The van der Waals surface area contributed by atoms with Gasteiger partial charge in [-0.15, -0.1) is 0 Å². The van der Waals surface area contributed by atoms with Crippen LogP contribution in [0.3, 0.4) is 0 Å². The molecular weight excluding hydrogens is 258 g/mol. The van der Waals surface area contributed by atoms with Gasteiger partial charge in [-0.25, -0.2) is 0 Å². The van der Waals surface area contributed by atoms with Crippen LogP contribution < -0.4 is 14.8 Å². The van der Waals surface area contributed by atoms with Crippen molar-refractivity contribution < 1.29 is 9.47 Å². The maximum absolute atomic E-state index is 6.07. The normalized spacial score (nSPS) is 10.1. The number of nitrogens with one attached hydrogen (secondary N) is 1. The average Bonchev–Trinajstić information content (AvgIpc) is 2.35. The van der Waals surface area contributed by atoms with Gasteiger partial charge in [-0.3, -0.25) is 0 Å². The molecule has 0 aliphatic heterocycles. The molecule has 96 valence electrons.